The highest BCUT2D eigenvalue weighted by Gasteiger charge is 2.03. The van der Waals surface area contributed by atoms with Crippen molar-refractivity contribution < 1.29 is 4.21 Å². The number of hydrogen-bond acceptors (Lipinski definition) is 3. The molecule has 2 aromatic rings. The second kappa shape index (κ2) is 5.34. The molecular formula is C13H11N3OS. The van der Waals surface area contributed by atoms with Gasteiger partial charge in [0.25, 0.3) is 0 Å². The fourth-order valence-corrected chi connectivity index (χ4v) is 2.22. The summed E-state index contributed by atoms with van der Waals surface area (Å²) in [6, 6.07) is 15.6. The van der Waals surface area contributed by atoms with Crippen LogP contribution < -0.4 is 10.5 Å². The van der Waals surface area contributed by atoms with Gasteiger partial charge in [-0.2, -0.15) is 5.26 Å². The van der Waals surface area contributed by atoms with Gasteiger partial charge in [-0.1, -0.05) is 0 Å². The number of rotatable bonds is 3. The summed E-state index contributed by atoms with van der Waals surface area (Å²) < 4.78 is 14.8. The number of nitrogens with zero attached hydrogens (tertiary/aromatic N) is 1. The molecule has 90 valence electrons. The lowest BCUT2D eigenvalue weighted by atomic mass is 10.2. The van der Waals surface area contributed by atoms with Crippen LogP contribution in [-0.4, -0.2) is 4.21 Å². The summed E-state index contributed by atoms with van der Waals surface area (Å²) in [6.07, 6.45) is 0. The summed E-state index contributed by atoms with van der Waals surface area (Å²) >= 11 is 0. The van der Waals surface area contributed by atoms with Crippen molar-refractivity contribution in [1.82, 2.24) is 0 Å². The lowest BCUT2D eigenvalue weighted by Gasteiger charge is -2.06. The molecule has 1 atom stereocenters. The molecule has 1 unspecified atom stereocenters. The minimum Gasteiger partial charge on any atom is -0.399 e. The first-order chi connectivity index (χ1) is 8.69. The molecule has 0 aliphatic heterocycles. The van der Waals surface area contributed by atoms with Crippen molar-refractivity contribution in [2.24, 2.45) is 0 Å². The third-order valence-corrected chi connectivity index (χ3v) is 3.44. The molecule has 0 saturated carbocycles. The fourth-order valence-electron chi connectivity index (χ4n) is 1.37. The van der Waals surface area contributed by atoms with Crippen LogP contribution in [0.1, 0.15) is 5.56 Å². The van der Waals surface area contributed by atoms with E-state index in [1.165, 1.54) is 0 Å². The molecule has 3 N–H and O–H groups in total. The maximum absolute atomic E-state index is 12.0. The summed E-state index contributed by atoms with van der Waals surface area (Å²) in [5.41, 5.74) is 7.46. The van der Waals surface area contributed by atoms with Gasteiger partial charge in [-0.3, -0.25) is 0 Å². The molecule has 0 fully saturated rings. The predicted octanol–water partition coefficient (Wildman–Crippen LogP) is 2.28. The molecule has 0 spiro atoms. The molecule has 0 aromatic heterocycles. The standard InChI is InChI=1S/C13H11N3OS/c14-9-10-1-5-12(6-2-10)16-18(17)13-7-3-11(15)4-8-13/h1-8,16H,15H2. The van der Waals surface area contributed by atoms with Crippen molar-refractivity contribution in [3.63, 3.8) is 0 Å². The first kappa shape index (κ1) is 12.1. The van der Waals surface area contributed by atoms with Crippen LogP contribution >= 0.6 is 0 Å². The summed E-state index contributed by atoms with van der Waals surface area (Å²) in [4.78, 5) is 0.647. The molecule has 0 aliphatic rings. The second-order valence-electron chi connectivity index (χ2n) is 3.63. The average molecular weight is 257 g/mol. The zero-order valence-corrected chi connectivity index (χ0v) is 10.3. The molecule has 2 aromatic carbocycles. The van der Waals surface area contributed by atoms with E-state index in [-0.39, 0.29) is 0 Å². The monoisotopic (exact) mass is 257 g/mol. The van der Waals surface area contributed by atoms with Crippen molar-refractivity contribution >= 4 is 22.4 Å². The lowest BCUT2D eigenvalue weighted by molar-refractivity contribution is 0.686. The van der Waals surface area contributed by atoms with E-state index in [4.69, 9.17) is 11.0 Å². The fraction of sp³-hybridized carbons (Fsp3) is 0. The molecule has 0 amide bonds. The van der Waals surface area contributed by atoms with E-state index in [0.29, 0.717) is 21.8 Å². The highest BCUT2D eigenvalue weighted by atomic mass is 32.2. The first-order valence-electron chi connectivity index (χ1n) is 5.23. The first-order valence-corrected chi connectivity index (χ1v) is 6.38. The van der Waals surface area contributed by atoms with Crippen LogP contribution in [0, 0.1) is 11.3 Å². The summed E-state index contributed by atoms with van der Waals surface area (Å²) in [6.45, 7) is 0. The number of hydrogen-bond donors (Lipinski definition) is 2. The Morgan fingerprint density at radius 2 is 1.67 bits per heavy atom. The van der Waals surface area contributed by atoms with Gasteiger partial charge in [0.15, 0.2) is 0 Å². The van der Waals surface area contributed by atoms with Crippen molar-refractivity contribution in [2.45, 2.75) is 4.90 Å². The molecule has 0 radical (unpaired) electrons. The number of benzene rings is 2. The summed E-state index contributed by atoms with van der Waals surface area (Å²) in [7, 11) is -1.34. The van der Waals surface area contributed by atoms with Crippen LogP contribution in [0.5, 0.6) is 0 Å². The molecule has 0 saturated heterocycles. The number of nitrogens with two attached hydrogens (primary N) is 1. The Morgan fingerprint density at radius 3 is 2.22 bits per heavy atom. The van der Waals surface area contributed by atoms with Gasteiger partial charge in [-0.05, 0) is 48.5 Å². The van der Waals surface area contributed by atoms with Crippen LogP contribution in [0.4, 0.5) is 11.4 Å². The number of anilines is 2. The highest BCUT2D eigenvalue weighted by Crippen LogP contribution is 2.14. The molecule has 0 bridgehead atoms. The minimum absolute atomic E-state index is 0.568. The van der Waals surface area contributed by atoms with Gasteiger partial charge in [0.05, 0.1) is 16.5 Å². The van der Waals surface area contributed by atoms with Crippen molar-refractivity contribution in [2.75, 3.05) is 10.5 Å². The molecule has 0 aliphatic carbocycles. The van der Waals surface area contributed by atoms with Crippen molar-refractivity contribution in [3.05, 3.63) is 54.1 Å². The Morgan fingerprint density at radius 1 is 1.06 bits per heavy atom. The number of nitriles is 1. The van der Waals surface area contributed by atoms with E-state index in [9.17, 15) is 4.21 Å². The lowest BCUT2D eigenvalue weighted by Crippen LogP contribution is -2.04. The Kier molecular flexibility index (Phi) is 3.60. The maximum atomic E-state index is 12.0. The minimum atomic E-state index is -1.34. The highest BCUT2D eigenvalue weighted by molar-refractivity contribution is 7.86. The third kappa shape index (κ3) is 2.87. The topological polar surface area (TPSA) is 78.9 Å². The Balaban J connectivity index is 2.11. The molecule has 2 rings (SSSR count). The Hall–Kier alpha value is -2.32. The maximum Gasteiger partial charge on any atom is 0.150 e. The Labute approximate surface area is 108 Å². The summed E-state index contributed by atoms with van der Waals surface area (Å²) in [5, 5.41) is 8.67. The van der Waals surface area contributed by atoms with E-state index < -0.39 is 11.0 Å². The molecule has 0 heterocycles. The quantitative estimate of drug-likeness (QED) is 0.828. The van der Waals surface area contributed by atoms with Gasteiger partial charge < -0.3 is 10.5 Å². The SMILES string of the molecule is N#Cc1ccc(NS(=O)c2ccc(N)cc2)cc1. The van der Waals surface area contributed by atoms with Crippen LogP contribution in [-0.2, 0) is 11.0 Å². The summed E-state index contributed by atoms with van der Waals surface area (Å²) in [5.74, 6) is 0. The second-order valence-corrected chi connectivity index (χ2v) is 4.84. The largest absolute Gasteiger partial charge is 0.399 e. The normalized spacial score (nSPS) is 11.5. The van der Waals surface area contributed by atoms with Crippen molar-refractivity contribution in [3.8, 4) is 6.07 Å². The molecular weight excluding hydrogens is 246 g/mol. The van der Waals surface area contributed by atoms with Crippen LogP contribution in [0.15, 0.2) is 53.4 Å². The number of nitrogen functional groups attached to an aromatic ring is 1. The van der Waals surface area contributed by atoms with Gasteiger partial charge >= 0.3 is 0 Å². The zero-order valence-electron chi connectivity index (χ0n) is 9.46. The van der Waals surface area contributed by atoms with Crippen LogP contribution in [0.3, 0.4) is 0 Å². The molecule has 4 nitrogen and oxygen atoms in total. The smallest absolute Gasteiger partial charge is 0.150 e. The predicted molar refractivity (Wildman–Crippen MR) is 72.0 cm³/mol. The van der Waals surface area contributed by atoms with Gasteiger partial charge in [0.2, 0.25) is 0 Å². The zero-order chi connectivity index (χ0) is 13.0. The van der Waals surface area contributed by atoms with Gasteiger partial charge in [0, 0.05) is 11.4 Å². The average Bonchev–Trinajstić information content (AvgIpc) is 2.40. The van der Waals surface area contributed by atoms with Gasteiger partial charge in [-0.15, -0.1) is 0 Å². The van der Waals surface area contributed by atoms with Crippen molar-refractivity contribution in [1.29, 1.82) is 5.26 Å². The van der Waals surface area contributed by atoms with Gasteiger partial charge in [0.1, 0.15) is 11.0 Å². The Bertz CT molecular complexity index is 600. The molecule has 18 heavy (non-hydrogen) atoms. The van der Waals surface area contributed by atoms with E-state index in [2.05, 4.69) is 4.72 Å². The van der Waals surface area contributed by atoms with Gasteiger partial charge in [-0.25, -0.2) is 4.21 Å². The molecule has 5 heteroatoms. The van der Waals surface area contributed by atoms with Crippen LogP contribution in [0.2, 0.25) is 0 Å². The van der Waals surface area contributed by atoms with E-state index in [1.54, 1.807) is 48.5 Å². The van der Waals surface area contributed by atoms with E-state index in [0.717, 1.165) is 0 Å². The van der Waals surface area contributed by atoms with Crippen LogP contribution in [0.25, 0.3) is 0 Å². The van der Waals surface area contributed by atoms with E-state index in [1.807, 2.05) is 6.07 Å². The third-order valence-electron chi connectivity index (χ3n) is 2.32. The van der Waals surface area contributed by atoms with E-state index >= 15 is 0 Å². The number of nitrogens with one attached hydrogen (secondary N) is 1.